The van der Waals surface area contributed by atoms with Crippen LogP contribution in [0.5, 0.6) is 0 Å². The quantitative estimate of drug-likeness (QED) is 0.721. The van der Waals surface area contributed by atoms with Crippen molar-refractivity contribution in [3.63, 3.8) is 0 Å². The number of carbonyl (C=O) groups is 2. The first-order chi connectivity index (χ1) is 10.9. The van der Waals surface area contributed by atoms with E-state index in [1.165, 1.54) is 12.1 Å². The number of rotatable bonds is 4. The second-order valence-corrected chi connectivity index (χ2v) is 5.90. The lowest BCUT2D eigenvalue weighted by atomic mass is 10.2. The zero-order valence-corrected chi connectivity index (χ0v) is 14.4. The number of amides is 2. The van der Waals surface area contributed by atoms with Crippen LogP contribution in [0.25, 0.3) is 0 Å². The van der Waals surface area contributed by atoms with Gasteiger partial charge in [-0.05, 0) is 36.4 Å². The van der Waals surface area contributed by atoms with Crippen LogP contribution in [-0.4, -0.2) is 11.8 Å². The van der Waals surface area contributed by atoms with Crippen LogP contribution in [0.4, 0.5) is 11.4 Å². The van der Waals surface area contributed by atoms with Gasteiger partial charge in [-0.1, -0.05) is 41.7 Å². The van der Waals surface area contributed by atoms with E-state index >= 15 is 0 Å². The minimum absolute atomic E-state index is 0.0928. The molecule has 2 N–H and O–H groups in total. The van der Waals surface area contributed by atoms with Gasteiger partial charge in [0, 0.05) is 17.7 Å². The molecule has 0 fully saturated rings. The Morgan fingerprint density at radius 2 is 1.52 bits per heavy atom. The first-order valence-electron chi connectivity index (χ1n) is 6.76. The van der Waals surface area contributed by atoms with Crippen molar-refractivity contribution in [1.29, 1.82) is 0 Å². The predicted molar refractivity (Wildman–Crippen MR) is 94.8 cm³/mol. The average Bonchev–Trinajstić information content (AvgIpc) is 2.53. The van der Waals surface area contributed by atoms with E-state index in [1.807, 2.05) is 0 Å². The monoisotopic (exact) mass is 370 g/mol. The number of nitrogens with one attached hydrogen (secondary N) is 2. The van der Waals surface area contributed by atoms with Gasteiger partial charge in [0.15, 0.2) is 0 Å². The highest BCUT2D eigenvalue weighted by Crippen LogP contribution is 2.32. The van der Waals surface area contributed by atoms with Crippen LogP contribution in [-0.2, 0) is 4.79 Å². The Labute approximate surface area is 148 Å². The fourth-order valence-electron chi connectivity index (χ4n) is 1.77. The first kappa shape index (κ1) is 17.6. The van der Waals surface area contributed by atoms with E-state index < -0.39 is 0 Å². The van der Waals surface area contributed by atoms with Crippen LogP contribution < -0.4 is 10.6 Å². The van der Waals surface area contributed by atoms with E-state index in [9.17, 15) is 9.59 Å². The van der Waals surface area contributed by atoms with E-state index in [2.05, 4.69) is 10.6 Å². The molecular weight excluding hydrogens is 359 g/mol. The van der Waals surface area contributed by atoms with E-state index in [0.29, 0.717) is 38.4 Å². The highest BCUT2D eigenvalue weighted by atomic mass is 35.5. The summed E-state index contributed by atoms with van der Waals surface area (Å²) in [7, 11) is 0. The third-order valence-corrected chi connectivity index (χ3v) is 4.04. The summed E-state index contributed by atoms with van der Waals surface area (Å²) in [6.07, 6.45) is 0.387. The topological polar surface area (TPSA) is 58.2 Å². The summed E-state index contributed by atoms with van der Waals surface area (Å²) >= 11 is 17.8. The van der Waals surface area contributed by atoms with E-state index in [4.69, 9.17) is 34.8 Å². The summed E-state index contributed by atoms with van der Waals surface area (Å²) in [5, 5.41) is 6.27. The summed E-state index contributed by atoms with van der Waals surface area (Å²) in [6, 6.07) is 9.46. The number of hydrogen-bond acceptors (Lipinski definition) is 2. The molecule has 0 heterocycles. The molecule has 2 aromatic rings. The summed E-state index contributed by atoms with van der Waals surface area (Å²) < 4.78 is 0. The normalized spacial score (nSPS) is 10.3. The molecule has 0 aliphatic heterocycles. The van der Waals surface area contributed by atoms with Crippen molar-refractivity contribution >= 4 is 58.0 Å². The molecule has 120 valence electrons. The van der Waals surface area contributed by atoms with Gasteiger partial charge in [0.2, 0.25) is 5.91 Å². The zero-order chi connectivity index (χ0) is 17.0. The maximum atomic E-state index is 12.2. The molecule has 0 aliphatic carbocycles. The van der Waals surface area contributed by atoms with E-state index in [0.717, 1.165) is 0 Å². The van der Waals surface area contributed by atoms with Crippen molar-refractivity contribution in [3.8, 4) is 0 Å². The Kier molecular flexibility index (Phi) is 5.88. The Hall–Kier alpha value is -1.75. The smallest absolute Gasteiger partial charge is 0.255 e. The van der Waals surface area contributed by atoms with Crippen LogP contribution in [0.15, 0.2) is 36.4 Å². The van der Waals surface area contributed by atoms with Crippen LogP contribution in [0.2, 0.25) is 15.1 Å². The third-order valence-electron chi connectivity index (χ3n) is 3.01. The summed E-state index contributed by atoms with van der Waals surface area (Å²) in [6.45, 7) is 1.76. The molecular formula is C16H13Cl3N2O2. The van der Waals surface area contributed by atoms with Crippen LogP contribution in [0, 0.1) is 0 Å². The van der Waals surface area contributed by atoms with Crippen LogP contribution in [0.3, 0.4) is 0 Å². The molecule has 23 heavy (non-hydrogen) atoms. The third kappa shape index (κ3) is 4.61. The lowest BCUT2D eigenvalue weighted by Crippen LogP contribution is -2.13. The summed E-state index contributed by atoms with van der Waals surface area (Å²) in [4.78, 5) is 23.5. The molecule has 0 saturated heterocycles. The van der Waals surface area contributed by atoms with Gasteiger partial charge >= 0.3 is 0 Å². The Morgan fingerprint density at radius 1 is 0.913 bits per heavy atom. The minimum Gasteiger partial charge on any atom is -0.326 e. The SMILES string of the molecule is CCC(=O)Nc1ccc(C(=O)Nc2cc(Cl)c(Cl)cc2Cl)cc1. The molecule has 0 aromatic heterocycles. The standard InChI is InChI=1S/C16H13Cl3N2O2/c1-2-15(22)20-10-5-3-9(4-6-10)16(23)21-14-8-12(18)11(17)7-13(14)19/h3-8H,2H2,1H3,(H,20,22)(H,21,23). The van der Waals surface area contributed by atoms with Gasteiger partial charge in [-0.3, -0.25) is 9.59 Å². The molecule has 0 aliphatic rings. The molecule has 0 unspecified atom stereocenters. The number of anilines is 2. The van der Waals surface area contributed by atoms with Crippen molar-refractivity contribution in [2.45, 2.75) is 13.3 Å². The maximum absolute atomic E-state index is 12.2. The molecule has 0 spiro atoms. The molecule has 2 rings (SSSR count). The molecule has 0 atom stereocenters. The lowest BCUT2D eigenvalue weighted by Gasteiger charge is -2.09. The molecule has 4 nitrogen and oxygen atoms in total. The maximum Gasteiger partial charge on any atom is 0.255 e. The van der Waals surface area contributed by atoms with Gasteiger partial charge in [-0.15, -0.1) is 0 Å². The van der Waals surface area contributed by atoms with Gasteiger partial charge in [0.25, 0.3) is 5.91 Å². The number of carbonyl (C=O) groups excluding carboxylic acids is 2. The van der Waals surface area contributed by atoms with Crippen LogP contribution in [0.1, 0.15) is 23.7 Å². The van der Waals surface area contributed by atoms with Gasteiger partial charge in [0.05, 0.1) is 20.8 Å². The molecule has 7 heteroatoms. The second-order valence-electron chi connectivity index (χ2n) is 4.68. The molecule has 0 radical (unpaired) electrons. The lowest BCUT2D eigenvalue weighted by molar-refractivity contribution is -0.115. The Morgan fingerprint density at radius 3 is 2.13 bits per heavy atom. The molecule has 0 bridgehead atoms. The minimum atomic E-state index is -0.348. The summed E-state index contributed by atoms with van der Waals surface area (Å²) in [5.74, 6) is -0.441. The molecule has 0 saturated carbocycles. The van der Waals surface area contributed by atoms with E-state index in [-0.39, 0.29) is 11.8 Å². The van der Waals surface area contributed by atoms with Gasteiger partial charge < -0.3 is 10.6 Å². The van der Waals surface area contributed by atoms with Crippen LogP contribution >= 0.6 is 34.8 Å². The molecule has 2 amide bonds. The fraction of sp³-hybridized carbons (Fsp3) is 0.125. The van der Waals surface area contributed by atoms with Crippen molar-refractivity contribution in [1.82, 2.24) is 0 Å². The fourth-order valence-corrected chi connectivity index (χ4v) is 2.36. The highest BCUT2D eigenvalue weighted by Gasteiger charge is 2.11. The Bertz CT molecular complexity index is 746. The molecule has 2 aromatic carbocycles. The van der Waals surface area contributed by atoms with Crippen molar-refractivity contribution in [3.05, 3.63) is 57.0 Å². The number of benzene rings is 2. The average molecular weight is 372 g/mol. The van der Waals surface area contributed by atoms with Gasteiger partial charge in [-0.2, -0.15) is 0 Å². The summed E-state index contributed by atoms with van der Waals surface area (Å²) in [5.41, 5.74) is 1.41. The van der Waals surface area contributed by atoms with E-state index in [1.54, 1.807) is 31.2 Å². The zero-order valence-electron chi connectivity index (χ0n) is 12.1. The Balaban J connectivity index is 2.12. The predicted octanol–water partition coefficient (Wildman–Crippen LogP) is 5.25. The number of halogens is 3. The highest BCUT2D eigenvalue weighted by molar-refractivity contribution is 6.44. The number of hydrogen-bond donors (Lipinski definition) is 2. The second kappa shape index (κ2) is 7.68. The van der Waals surface area contributed by atoms with Crippen molar-refractivity contribution < 1.29 is 9.59 Å². The van der Waals surface area contributed by atoms with Gasteiger partial charge in [0.1, 0.15) is 0 Å². The van der Waals surface area contributed by atoms with Crippen molar-refractivity contribution in [2.75, 3.05) is 10.6 Å². The van der Waals surface area contributed by atoms with Gasteiger partial charge in [-0.25, -0.2) is 0 Å². The van der Waals surface area contributed by atoms with Crippen molar-refractivity contribution in [2.24, 2.45) is 0 Å². The first-order valence-corrected chi connectivity index (χ1v) is 7.90. The largest absolute Gasteiger partial charge is 0.326 e.